The third-order valence-corrected chi connectivity index (χ3v) is 5.19. The van der Waals surface area contributed by atoms with E-state index in [-0.39, 0.29) is 5.69 Å². The van der Waals surface area contributed by atoms with E-state index < -0.39 is 26.6 Å². The number of fused-ring (bicyclic) bond motifs is 1. The largest absolute Gasteiger partial charge is 0.279 e. The van der Waals surface area contributed by atoms with Crippen molar-refractivity contribution in [3.8, 4) is 11.3 Å². The Morgan fingerprint density at radius 1 is 0.963 bits per heavy atom. The quantitative estimate of drug-likeness (QED) is 0.582. The maximum absolute atomic E-state index is 13.8. The summed E-state index contributed by atoms with van der Waals surface area (Å²) in [5, 5.41) is 11.9. The van der Waals surface area contributed by atoms with Crippen LogP contribution < -0.4 is 4.72 Å². The smallest absolute Gasteiger partial charge is 0.267 e. The summed E-state index contributed by atoms with van der Waals surface area (Å²) in [5.74, 6) is -2.34. The molecule has 0 saturated heterocycles. The number of nitrogens with one attached hydrogen (secondary N) is 1. The zero-order valence-corrected chi connectivity index (χ0v) is 14.4. The van der Waals surface area contributed by atoms with Crippen LogP contribution in [0.4, 0.5) is 14.5 Å². The van der Waals surface area contributed by atoms with Gasteiger partial charge in [0.05, 0.1) is 5.69 Å². The van der Waals surface area contributed by atoms with E-state index >= 15 is 0 Å². The van der Waals surface area contributed by atoms with Crippen molar-refractivity contribution in [2.45, 2.75) is 4.90 Å². The second-order valence-electron chi connectivity index (χ2n) is 5.59. The lowest BCUT2D eigenvalue weighted by Gasteiger charge is -2.11. The monoisotopic (exact) mass is 387 g/mol. The molecule has 27 heavy (non-hydrogen) atoms. The molecule has 0 radical (unpaired) electrons. The number of rotatable bonds is 4. The number of benzene rings is 2. The number of sulfonamides is 1. The van der Waals surface area contributed by atoms with Gasteiger partial charge in [0.25, 0.3) is 10.0 Å². The second-order valence-corrected chi connectivity index (χ2v) is 7.21. The van der Waals surface area contributed by atoms with Gasteiger partial charge in [-0.05, 0) is 36.4 Å². The maximum atomic E-state index is 13.8. The number of anilines is 1. The zero-order chi connectivity index (χ0) is 19.0. The van der Waals surface area contributed by atoms with E-state index in [1.54, 1.807) is 24.3 Å². The van der Waals surface area contributed by atoms with Gasteiger partial charge in [-0.3, -0.25) is 4.72 Å². The van der Waals surface area contributed by atoms with Gasteiger partial charge in [-0.25, -0.2) is 17.2 Å². The third-order valence-electron chi connectivity index (χ3n) is 3.76. The van der Waals surface area contributed by atoms with Crippen molar-refractivity contribution in [1.82, 2.24) is 19.8 Å². The lowest BCUT2D eigenvalue weighted by molar-refractivity contribution is 0.521. The summed E-state index contributed by atoms with van der Waals surface area (Å²) in [6.45, 7) is 0. The van der Waals surface area contributed by atoms with Crippen LogP contribution in [0.2, 0.25) is 0 Å². The molecule has 2 heterocycles. The van der Waals surface area contributed by atoms with Crippen molar-refractivity contribution < 1.29 is 17.2 Å². The van der Waals surface area contributed by atoms with Gasteiger partial charge in [-0.1, -0.05) is 18.2 Å². The van der Waals surface area contributed by atoms with Crippen LogP contribution in [-0.2, 0) is 10.0 Å². The van der Waals surface area contributed by atoms with Crippen molar-refractivity contribution in [2.75, 3.05) is 4.72 Å². The van der Waals surface area contributed by atoms with Gasteiger partial charge < -0.3 is 0 Å². The predicted molar refractivity (Wildman–Crippen MR) is 93.4 cm³/mol. The van der Waals surface area contributed by atoms with E-state index in [0.717, 1.165) is 18.2 Å². The molecule has 0 spiro atoms. The number of aromatic nitrogens is 4. The summed E-state index contributed by atoms with van der Waals surface area (Å²) in [5.41, 5.74) is 1.84. The summed E-state index contributed by atoms with van der Waals surface area (Å²) >= 11 is 0. The van der Waals surface area contributed by atoms with Gasteiger partial charge in [0.2, 0.25) is 0 Å². The Kier molecular flexibility index (Phi) is 4.04. The molecule has 7 nitrogen and oxygen atoms in total. The van der Waals surface area contributed by atoms with Gasteiger partial charge in [0.15, 0.2) is 10.5 Å². The molecule has 4 rings (SSSR count). The van der Waals surface area contributed by atoms with Crippen LogP contribution in [0, 0.1) is 11.6 Å². The lowest BCUT2D eigenvalue weighted by atomic mass is 10.1. The Balaban J connectivity index is 1.70. The molecule has 10 heteroatoms. The molecule has 0 bridgehead atoms. The minimum absolute atomic E-state index is 0.140. The number of hydrogen-bond donors (Lipinski definition) is 1. The molecule has 0 unspecified atom stereocenters. The van der Waals surface area contributed by atoms with Crippen molar-refractivity contribution in [2.24, 2.45) is 0 Å². The first-order valence-corrected chi connectivity index (χ1v) is 9.17. The summed E-state index contributed by atoms with van der Waals surface area (Å²) < 4.78 is 56.1. The minimum Gasteiger partial charge on any atom is -0.279 e. The molecule has 1 N–H and O–H groups in total. The molecule has 0 atom stereocenters. The van der Waals surface area contributed by atoms with E-state index in [4.69, 9.17) is 0 Å². The van der Waals surface area contributed by atoms with E-state index in [1.165, 1.54) is 23.0 Å². The molecular formula is C17H11F2N5O2S. The van der Waals surface area contributed by atoms with Crippen LogP contribution in [-0.4, -0.2) is 28.2 Å². The van der Waals surface area contributed by atoms with Gasteiger partial charge >= 0.3 is 0 Å². The topological polar surface area (TPSA) is 89.2 Å². The van der Waals surface area contributed by atoms with E-state index in [0.29, 0.717) is 16.9 Å². The van der Waals surface area contributed by atoms with Gasteiger partial charge in [-0.2, -0.15) is 9.61 Å². The lowest BCUT2D eigenvalue weighted by Crippen LogP contribution is -2.16. The highest BCUT2D eigenvalue weighted by atomic mass is 32.2. The minimum atomic E-state index is -4.44. The average molecular weight is 387 g/mol. The Labute approximate surface area is 152 Å². The summed E-state index contributed by atoms with van der Waals surface area (Å²) in [6, 6.07) is 12.6. The fraction of sp³-hybridized carbons (Fsp3) is 0. The average Bonchev–Trinajstić information content (AvgIpc) is 3.09. The Morgan fingerprint density at radius 3 is 2.48 bits per heavy atom. The standard InChI is InChI=1S/C17H11F2N5O2S/c18-13-5-2-6-14(19)17(13)27(25,26)23-12-4-1-3-11(9-12)15-7-8-16-21-20-10-24(16)22-15/h1-10,23H. The van der Waals surface area contributed by atoms with E-state index in [1.807, 2.05) is 0 Å². The number of halogens is 2. The molecule has 136 valence electrons. The van der Waals surface area contributed by atoms with Gasteiger partial charge in [0, 0.05) is 11.3 Å². The predicted octanol–water partition coefficient (Wildman–Crippen LogP) is 2.87. The Hall–Kier alpha value is -3.40. The van der Waals surface area contributed by atoms with Crippen molar-refractivity contribution in [1.29, 1.82) is 0 Å². The Morgan fingerprint density at radius 2 is 1.70 bits per heavy atom. The molecule has 0 saturated carbocycles. The summed E-state index contributed by atoms with van der Waals surface area (Å²) in [4.78, 5) is -1.03. The van der Waals surface area contributed by atoms with Crippen molar-refractivity contribution in [3.63, 3.8) is 0 Å². The van der Waals surface area contributed by atoms with Crippen molar-refractivity contribution in [3.05, 3.63) is 72.6 Å². The maximum Gasteiger partial charge on any atom is 0.267 e. The van der Waals surface area contributed by atoms with Crippen LogP contribution in [0.15, 0.2) is 65.8 Å². The fourth-order valence-corrected chi connectivity index (χ4v) is 3.76. The molecule has 0 aliphatic carbocycles. The molecule has 0 aliphatic heterocycles. The Bertz CT molecular complexity index is 1240. The first-order valence-electron chi connectivity index (χ1n) is 7.68. The molecular weight excluding hydrogens is 376 g/mol. The fourth-order valence-electron chi connectivity index (χ4n) is 2.57. The van der Waals surface area contributed by atoms with Crippen LogP contribution in [0.5, 0.6) is 0 Å². The van der Waals surface area contributed by atoms with Crippen molar-refractivity contribution >= 4 is 21.4 Å². The number of nitrogens with zero attached hydrogens (tertiary/aromatic N) is 4. The van der Waals surface area contributed by atoms with Crippen LogP contribution >= 0.6 is 0 Å². The highest BCUT2D eigenvalue weighted by Crippen LogP contribution is 2.25. The highest BCUT2D eigenvalue weighted by molar-refractivity contribution is 7.92. The number of hydrogen-bond acceptors (Lipinski definition) is 5. The van der Waals surface area contributed by atoms with Crippen LogP contribution in [0.1, 0.15) is 0 Å². The second kappa shape index (κ2) is 6.40. The van der Waals surface area contributed by atoms with E-state index in [9.17, 15) is 17.2 Å². The molecule has 2 aromatic heterocycles. The van der Waals surface area contributed by atoms with Gasteiger partial charge in [-0.15, -0.1) is 10.2 Å². The van der Waals surface area contributed by atoms with E-state index in [2.05, 4.69) is 20.0 Å². The SMILES string of the molecule is O=S(=O)(Nc1cccc(-c2ccc3nncn3n2)c1)c1c(F)cccc1F. The van der Waals surface area contributed by atoms with Gasteiger partial charge in [0.1, 0.15) is 18.0 Å². The molecule has 0 amide bonds. The third kappa shape index (κ3) is 3.22. The summed E-state index contributed by atoms with van der Waals surface area (Å²) in [6.07, 6.45) is 1.44. The zero-order valence-electron chi connectivity index (χ0n) is 13.5. The summed E-state index contributed by atoms with van der Waals surface area (Å²) in [7, 11) is -4.44. The first kappa shape index (κ1) is 17.0. The molecule has 0 aliphatic rings. The van der Waals surface area contributed by atoms with Crippen LogP contribution in [0.3, 0.4) is 0 Å². The first-order chi connectivity index (χ1) is 12.9. The molecule has 4 aromatic rings. The normalized spacial score (nSPS) is 11.6. The molecule has 2 aromatic carbocycles. The van der Waals surface area contributed by atoms with Crippen LogP contribution in [0.25, 0.3) is 16.9 Å². The molecule has 0 fully saturated rings. The highest BCUT2D eigenvalue weighted by Gasteiger charge is 2.24.